The van der Waals surface area contributed by atoms with Gasteiger partial charge in [-0.2, -0.15) is 0 Å². The van der Waals surface area contributed by atoms with Crippen LogP contribution in [0, 0.1) is 11.6 Å². The maximum absolute atomic E-state index is 14.9. The summed E-state index contributed by atoms with van der Waals surface area (Å²) in [5.74, 6) is 0.427. The van der Waals surface area contributed by atoms with Gasteiger partial charge in [0.2, 0.25) is 0 Å². The fourth-order valence-corrected chi connectivity index (χ4v) is 12.1. The summed E-state index contributed by atoms with van der Waals surface area (Å²) in [5, 5.41) is 12.2. The van der Waals surface area contributed by atoms with E-state index in [-0.39, 0.29) is 11.6 Å². The van der Waals surface area contributed by atoms with Crippen molar-refractivity contribution in [3.8, 4) is 0 Å². The molecular formula is C42H42F2N8S4. The first-order valence-corrected chi connectivity index (χ1v) is 22.6. The topological polar surface area (TPSA) is 90.9 Å². The van der Waals surface area contributed by atoms with Crippen LogP contribution in [0.1, 0.15) is 68.0 Å². The number of likely N-dealkylation sites (N-methyl/N-ethyl adjacent to an activating group) is 1. The average Bonchev–Trinajstić information content (AvgIpc) is 4.04. The molecule has 2 saturated heterocycles. The number of nitrogens with one attached hydrogen (secondary N) is 3. The van der Waals surface area contributed by atoms with E-state index in [1.54, 1.807) is 58.2 Å². The minimum atomic E-state index is -0.306. The van der Waals surface area contributed by atoms with Gasteiger partial charge in [-0.05, 0) is 108 Å². The Morgan fingerprint density at radius 3 is 1.82 bits per heavy atom. The van der Waals surface area contributed by atoms with Crippen molar-refractivity contribution in [3.63, 3.8) is 0 Å². The van der Waals surface area contributed by atoms with E-state index in [0.717, 1.165) is 54.3 Å². The van der Waals surface area contributed by atoms with Crippen molar-refractivity contribution in [3.05, 3.63) is 93.3 Å². The largest absolute Gasteiger partial charge is 0.352 e. The van der Waals surface area contributed by atoms with Gasteiger partial charge in [-0.1, -0.05) is 6.92 Å². The summed E-state index contributed by atoms with van der Waals surface area (Å²) in [6, 6.07) is 16.7. The molecule has 0 aliphatic carbocycles. The minimum Gasteiger partial charge on any atom is -0.352 e. The quantitative estimate of drug-likeness (QED) is 0.146. The Morgan fingerprint density at radius 2 is 1.27 bits per heavy atom. The van der Waals surface area contributed by atoms with Crippen molar-refractivity contribution >= 4 is 109 Å². The van der Waals surface area contributed by atoms with Crippen LogP contribution in [0.2, 0.25) is 0 Å². The standard InChI is InChI=1S/C22H23FN4S2.C20H19FN4S2/c1-3-27-10-4-5-14(13(27)2)19-11-15-16(8-9-24-22(15)29-19)26-17-6-7-18-21(20(17)23)25-12-28-18;1-11-12(3-2-7-22-11)17-9-13-14(6-8-23-20(13)27-17)25-15-4-5-16-19(18(15)21)24-10-26-16/h6-9,11-14H,3-5,10H2,1-2H3,(H,24,26);4-6,8-12,22H,2-3,7H2,1H3,(H,23,25). The number of pyridine rings is 2. The van der Waals surface area contributed by atoms with Gasteiger partial charge < -0.3 is 20.9 Å². The SMILES string of the molecule is CC1NCCCC1c1cc2c(Nc3ccc4scnc4c3F)ccnc2s1.CCN1CCCC(c2cc3c(Nc4ccc5scnc5c4F)ccnc3s2)C1C. The van der Waals surface area contributed by atoms with E-state index in [2.05, 4.69) is 73.7 Å². The number of anilines is 4. The summed E-state index contributed by atoms with van der Waals surface area (Å²) in [6.07, 6.45) is 8.41. The molecule has 4 atom stereocenters. The number of thiophene rings is 2. The summed E-state index contributed by atoms with van der Waals surface area (Å²) in [7, 11) is 0. The summed E-state index contributed by atoms with van der Waals surface area (Å²) < 4.78 is 31.4. The zero-order chi connectivity index (χ0) is 38.3. The zero-order valence-electron chi connectivity index (χ0n) is 31.3. The van der Waals surface area contributed by atoms with Crippen LogP contribution in [0.5, 0.6) is 0 Å². The van der Waals surface area contributed by atoms with Crippen LogP contribution < -0.4 is 16.0 Å². The van der Waals surface area contributed by atoms with Crippen LogP contribution in [-0.2, 0) is 0 Å². The van der Waals surface area contributed by atoms with Gasteiger partial charge in [0.1, 0.15) is 20.7 Å². The molecule has 10 rings (SSSR count). The van der Waals surface area contributed by atoms with E-state index < -0.39 is 0 Å². The first-order valence-electron chi connectivity index (χ1n) is 19.2. The van der Waals surface area contributed by atoms with Gasteiger partial charge in [-0.25, -0.2) is 28.7 Å². The highest BCUT2D eigenvalue weighted by Gasteiger charge is 2.30. The van der Waals surface area contributed by atoms with Crippen molar-refractivity contribution in [1.82, 2.24) is 30.2 Å². The molecule has 0 spiro atoms. The summed E-state index contributed by atoms with van der Waals surface area (Å²) in [6.45, 7) is 10.2. The Kier molecular flexibility index (Phi) is 10.7. The lowest BCUT2D eigenvalue weighted by atomic mass is 9.89. The number of rotatable bonds is 7. The maximum Gasteiger partial charge on any atom is 0.173 e. The lowest BCUT2D eigenvalue weighted by Gasteiger charge is -2.38. The molecule has 0 radical (unpaired) electrons. The molecule has 8 aromatic rings. The first kappa shape index (κ1) is 37.4. The Bertz CT molecular complexity index is 2650. The molecule has 14 heteroatoms. The Labute approximate surface area is 340 Å². The van der Waals surface area contributed by atoms with Crippen LogP contribution in [0.4, 0.5) is 31.5 Å². The molecule has 0 amide bonds. The predicted octanol–water partition coefficient (Wildman–Crippen LogP) is 12.0. The highest BCUT2D eigenvalue weighted by molar-refractivity contribution is 7.19. The molecule has 2 fully saturated rings. The molecule has 6 aromatic heterocycles. The van der Waals surface area contributed by atoms with Gasteiger partial charge in [0.25, 0.3) is 0 Å². The maximum atomic E-state index is 14.9. The molecule has 2 aliphatic rings. The Hall–Kier alpha value is -4.18. The number of nitrogens with zero attached hydrogens (tertiary/aromatic N) is 5. The zero-order valence-corrected chi connectivity index (χ0v) is 34.6. The van der Waals surface area contributed by atoms with Gasteiger partial charge in [0.15, 0.2) is 11.6 Å². The molecule has 8 nitrogen and oxygen atoms in total. The van der Waals surface area contributed by atoms with Crippen molar-refractivity contribution in [1.29, 1.82) is 0 Å². The van der Waals surface area contributed by atoms with E-state index in [0.29, 0.717) is 46.3 Å². The number of hydrogen-bond donors (Lipinski definition) is 3. The van der Waals surface area contributed by atoms with Crippen LogP contribution in [0.25, 0.3) is 40.9 Å². The molecule has 2 aliphatic heterocycles. The van der Waals surface area contributed by atoms with Crippen molar-refractivity contribution in [2.24, 2.45) is 0 Å². The second kappa shape index (κ2) is 16.0. The summed E-state index contributed by atoms with van der Waals surface area (Å²) in [4.78, 5) is 24.7. The molecular weight excluding hydrogens is 783 g/mol. The second-order valence-corrected chi connectivity index (χ2v) is 18.5. The number of aromatic nitrogens is 4. The van der Waals surface area contributed by atoms with E-state index in [1.165, 1.54) is 64.7 Å². The monoisotopic (exact) mass is 824 g/mol. The molecule has 288 valence electrons. The van der Waals surface area contributed by atoms with Crippen LogP contribution in [0.15, 0.2) is 71.9 Å². The third kappa shape index (κ3) is 7.16. The van der Waals surface area contributed by atoms with E-state index >= 15 is 0 Å². The number of benzene rings is 2. The molecule has 0 saturated carbocycles. The van der Waals surface area contributed by atoms with Crippen LogP contribution in [-0.4, -0.2) is 56.6 Å². The Balaban J connectivity index is 0.000000147. The van der Waals surface area contributed by atoms with E-state index in [1.807, 2.05) is 24.3 Å². The van der Waals surface area contributed by atoms with Crippen LogP contribution >= 0.6 is 45.3 Å². The van der Waals surface area contributed by atoms with E-state index in [4.69, 9.17) is 0 Å². The minimum absolute atomic E-state index is 0.302. The predicted molar refractivity (Wildman–Crippen MR) is 233 cm³/mol. The number of piperidine rings is 2. The first-order chi connectivity index (χ1) is 27.4. The van der Waals surface area contributed by atoms with E-state index in [9.17, 15) is 8.78 Å². The fourth-order valence-electron chi connectivity index (χ4n) is 8.25. The molecule has 8 heterocycles. The van der Waals surface area contributed by atoms with Gasteiger partial charge in [0, 0.05) is 56.8 Å². The summed E-state index contributed by atoms with van der Waals surface area (Å²) in [5.41, 5.74) is 6.86. The van der Waals surface area contributed by atoms with Crippen LogP contribution in [0.3, 0.4) is 0 Å². The number of likely N-dealkylation sites (tertiary alicyclic amines) is 1. The average molecular weight is 825 g/mol. The highest BCUT2D eigenvalue weighted by atomic mass is 32.1. The van der Waals surface area contributed by atoms with Gasteiger partial charge in [-0.3, -0.25) is 0 Å². The molecule has 56 heavy (non-hydrogen) atoms. The fraction of sp³-hybridized carbons (Fsp3) is 0.333. The number of halogens is 2. The normalized spacial score (nSPS) is 20.4. The van der Waals surface area contributed by atoms with Crippen molar-refractivity contribution in [2.75, 3.05) is 30.3 Å². The molecule has 0 bridgehead atoms. The van der Waals surface area contributed by atoms with Gasteiger partial charge in [0.05, 0.1) is 43.2 Å². The third-order valence-corrected chi connectivity index (χ3v) is 15.3. The highest BCUT2D eigenvalue weighted by Crippen LogP contribution is 2.42. The molecule has 3 N–H and O–H groups in total. The van der Waals surface area contributed by atoms with Crippen molar-refractivity contribution < 1.29 is 8.78 Å². The second-order valence-electron chi connectivity index (χ2n) is 14.6. The lowest BCUT2D eigenvalue weighted by molar-refractivity contribution is 0.148. The van der Waals surface area contributed by atoms with Gasteiger partial charge >= 0.3 is 0 Å². The Morgan fingerprint density at radius 1 is 0.714 bits per heavy atom. The van der Waals surface area contributed by atoms with Gasteiger partial charge in [-0.15, -0.1) is 45.3 Å². The number of fused-ring (bicyclic) bond motifs is 4. The smallest absolute Gasteiger partial charge is 0.173 e. The summed E-state index contributed by atoms with van der Waals surface area (Å²) >= 11 is 6.41. The lowest BCUT2D eigenvalue weighted by Crippen LogP contribution is -2.41. The number of thiazole rings is 2. The number of hydrogen-bond acceptors (Lipinski definition) is 12. The third-order valence-electron chi connectivity index (χ3n) is 11.3. The molecule has 2 aromatic carbocycles. The van der Waals surface area contributed by atoms with Crippen molar-refractivity contribution in [2.45, 2.75) is 70.4 Å². The molecule has 4 unspecified atom stereocenters.